The molecule has 0 amide bonds. The van der Waals surface area contributed by atoms with E-state index in [0.717, 1.165) is 0 Å². The van der Waals surface area contributed by atoms with Crippen molar-refractivity contribution in [2.45, 2.75) is 0 Å². The van der Waals surface area contributed by atoms with Crippen LogP contribution in [0.25, 0.3) is 11.0 Å². The number of rotatable bonds is 2. The van der Waals surface area contributed by atoms with Gasteiger partial charge in [0.05, 0.1) is 25.9 Å². The fourth-order valence-electron chi connectivity index (χ4n) is 1.37. The van der Waals surface area contributed by atoms with Crippen LogP contribution in [-0.2, 0) is 0 Å². The third kappa shape index (κ3) is 1.63. The number of H-pyrrole nitrogens is 1. The standard InChI is InChI=1S/C10H10N2O3/c1-14-6-3-7-10(8(4-6)15-2)11-5-9(13)12-7/h3-5H,1-2H3,(H,12,13). The summed E-state index contributed by atoms with van der Waals surface area (Å²) in [6.07, 6.45) is 1.22. The molecule has 0 aliphatic carbocycles. The summed E-state index contributed by atoms with van der Waals surface area (Å²) in [7, 11) is 3.09. The number of fused-ring (bicyclic) bond motifs is 1. The second-order valence-electron chi connectivity index (χ2n) is 2.97. The topological polar surface area (TPSA) is 64.2 Å². The molecule has 5 heteroatoms. The zero-order valence-electron chi connectivity index (χ0n) is 8.40. The van der Waals surface area contributed by atoms with Gasteiger partial charge in [0.2, 0.25) is 0 Å². The van der Waals surface area contributed by atoms with Crippen LogP contribution in [-0.4, -0.2) is 24.2 Å². The quantitative estimate of drug-likeness (QED) is 0.794. The number of ether oxygens (including phenoxy) is 2. The smallest absolute Gasteiger partial charge is 0.266 e. The molecule has 2 rings (SSSR count). The first-order chi connectivity index (χ1) is 7.24. The molecule has 1 aromatic carbocycles. The molecule has 15 heavy (non-hydrogen) atoms. The molecule has 0 unspecified atom stereocenters. The van der Waals surface area contributed by atoms with Gasteiger partial charge in [-0.05, 0) is 0 Å². The van der Waals surface area contributed by atoms with Crippen molar-refractivity contribution in [3.05, 3.63) is 28.7 Å². The van der Waals surface area contributed by atoms with E-state index < -0.39 is 0 Å². The molecule has 0 aliphatic heterocycles. The summed E-state index contributed by atoms with van der Waals surface area (Å²) in [5.74, 6) is 1.18. The van der Waals surface area contributed by atoms with Gasteiger partial charge in [-0.2, -0.15) is 0 Å². The van der Waals surface area contributed by atoms with E-state index in [4.69, 9.17) is 9.47 Å². The largest absolute Gasteiger partial charge is 0.497 e. The zero-order valence-corrected chi connectivity index (χ0v) is 8.40. The van der Waals surface area contributed by atoms with E-state index in [0.29, 0.717) is 22.5 Å². The minimum Gasteiger partial charge on any atom is -0.497 e. The van der Waals surface area contributed by atoms with Crippen molar-refractivity contribution in [1.29, 1.82) is 0 Å². The molecule has 0 aliphatic rings. The van der Waals surface area contributed by atoms with E-state index >= 15 is 0 Å². The fourth-order valence-corrected chi connectivity index (χ4v) is 1.37. The molecular formula is C10H10N2O3. The van der Waals surface area contributed by atoms with E-state index in [-0.39, 0.29) is 5.56 Å². The molecule has 0 saturated carbocycles. The Hall–Kier alpha value is -2.04. The highest BCUT2D eigenvalue weighted by Gasteiger charge is 2.06. The molecule has 0 atom stereocenters. The molecule has 0 fully saturated rings. The number of nitrogens with zero attached hydrogens (tertiary/aromatic N) is 1. The van der Waals surface area contributed by atoms with Gasteiger partial charge < -0.3 is 14.5 Å². The highest BCUT2D eigenvalue weighted by atomic mass is 16.5. The normalized spacial score (nSPS) is 10.3. The maximum absolute atomic E-state index is 11.1. The average Bonchev–Trinajstić information content (AvgIpc) is 2.26. The van der Waals surface area contributed by atoms with Crippen LogP contribution in [0.3, 0.4) is 0 Å². The van der Waals surface area contributed by atoms with Gasteiger partial charge >= 0.3 is 0 Å². The van der Waals surface area contributed by atoms with Gasteiger partial charge in [-0.25, -0.2) is 4.98 Å². The molecule has 1 N–H and O–H groups in total. The lowest BCUT2D eigenvalue weighted by Crippen LogP contribution is -2.05. The second kappa shape index (κ2) is 3.61. The van der Waals surface area contributed by atoms with Crippen LogP contribution in [0.4, 0.5) is 0 Å². The summed E-state index contributed by atoms with van der Waals surface area (Å²) >= 11 is 0. The number of aromatic amines is 1. The Kier molecular flexibility index (Phi) is 2.29. The molecule has 1 heterocycles. The maximum atomic E-state index is 11.1. The first-order valence-corrected chi connectivity index (χ1v) is 4.35. The highest BCUT2D eigenvalue weighted by Crippen LogP contribution is 2.27. The lowest BCUT2D eigenvalue weighted by atomic mass is 10.2. The molecule has 0 spiro atoms. The molecule has 78 valence electrons. The maximum Gasteiger partial charge on any atom is 0.266 e. The van der Waals surface area contributed by atoms with Gasteiger partial charge in [0.25, 0.3) is 5.56 Å². The second-order valence-corrected chi connectivity index (χ2v) is 2.97. The number of hydrogen-bond acceptors (Lipinski definition) is 4. The Morgan fingerprint density at radius 2 is 2.07 bits per heavy atom. The minimum atomic E-state index is -0.252. The molecule has 0 radical (unpaired) electrons. The third-order valence-electron chi connectivity index (χ3n) is 2.07. The molecule has 2 aromatic rings. The van der Waals surface area contributed by atoms with Crippen molar-refractivity contribution in [2.75, 3.05) is 14.2 Å². The summed E-state index contributed by atoms with van der Waals surface area (Å²) in [4.78, 5) is 17.7. The molecule has 5 nitrogen and oxygen atoms in total. The monoisotopic (exact) mass is 206 g/mol. The Balaban J connectivity index is 2.80. The zero-order chi connectivity index (χ0) is 10.8. The summed E-state index contributed by atoms with van der Waals surface area (Å²) in [5.41, 5.74) is 0.953. The molecule has 1 aromatic heterocycles. The van der Waals surface area contributed by atoms with Gasteiger partial charge in [-0.1, -0.05) is 0 Å². The molecule has 0 saturated heterocycles. The molecular weight excluding hydrogens is 196 g/mol. The Morgan fingerprint density at radius 1 is 1.27 bits per heavy atom. The minimum absolute atomic E-state index is 0.252. The molecule has 0 bridgehead atoms. The van der Waals surface area contributed by atoms with Crippen LogP contribution in [0.15, 0.2) is 23.1 Å². The van der Waals surface area contributed by atoms with E-state index in [1.165, 1.54) is 6.20 Å². The van der Waals surface area contributed by atoms with Crippen molar-refractivity contribution >= 4 is 11.0 Å². The summed E-state index contributed by atoms with van der Waals surface area (Å²) in [6, 6.07) is 3.42. The predicted molar refractivity (Wildman–Crippen MR) is 55.5 cm³/mol. The average molecular weight is 206 g/mol. The van der Waals surface area contributed by atoms with Crippen molar-refractivity contribution < 1.29 is 9.47 Å². The van der Waals surface area contributed by atoms with Gasteiger partial charge in [-0.15, -0.1) is 0 Å². The SMILES string of the molecule is COc1cc(OC)c2ncc(=O)[nH]c2c1. The Morgan fingerprint density at radius 3 is 2.73 bits per heavy atom. The Labute approximate surface area is 85.7 Å². The first kappa shape index (κ1) is 9.51. The number of methoxy groups -OCH3 is 2. The van der Waals surface area contributed by atoms with Crippen LogP contribution in [0, 0.1) is 0 Å². The van der Waals surface area contributed by atoms with Crippen LogP contribution >= 0.6 is 0 Å². The van der Waals surface area contributed by atoms with E-state index in [1.54, 1.807) is 26.4 Å². The number of hydrogen-bond donors (Lipinski definition) is 1. The Bertz CT molecular complexity index is 548. The third-order valence-corrected chi connectivity index (χ3v) is 2.07. The van der Waals surface area contributed by atoms with Crippen LogP contribution < -0.4 is 15.0 Å². The first-order valence-electron chi connectivity index (χ1n) is 4.35. The lowest BCUT2D eigenvalue weighted by molar-refractivity contribution is 0.397. The predicted octanol–water partition coefficient (Wildman–Crippen LogP) is 0.940. The van der Waals surface area contributed by atoms with Crippen LogP contribution in [0.2, 0.25) is 0 Å². The van der Waals surface area contributed by atoms with Gasteiger partial charge in [-0.3, -0.25) is 4.79 Å². The summed E-state index contributed by atoms with van der Waals surface area (Å²) < 4.78 is 10.2. The van der Waals surface area contributed by atoms with Gasteiger partial charge in [0.15, 0.2) is 0 Å². The van der Waals surface area contributed by atoms with Gasteiger partial charge in [0, 0.05) is 12.1 Å². The number of aromatic nitrogens is 2. The summed E-state index contributed by atoms with van der Waals surface area (Å²) in [6.45, 7) is 0. The fraction of sp³-hybridized carbons (Fsp3) is 0.200. The van der Waals surface area contributed by atoms with E-state index in [9.17, 15) is 4.79 Å². The van der Waals surface area contributed by atoms with E-state index in [1.807, 2.05) is 0 Å². The van der Waals surface area contributed by atoms with Crippen molar-refractivity contribution in [1.82, 2.24) is 9.97 Å². The van der Waals surface area contributed by atoms with E-state index in [2.05, 4.69) is 9.97 Å². The number of benzene rings is 1. The van der Waals surface area contributed by atoms with Crippen molar-refractivity contribution in [3.63, 3.8) is 0 Å². The van der Waals surface area contributed by atoms with Crippen LogP contribution in [0.5, 0.6) is 11.5 Å². The summed E-state index contributed by atoms with van der Waals surface area (Å²) in [5, 5.41) is 0. The lowest BCUT2D eigenvalue weighted by Gasteiger charge is -2.06. The highest BCUT2D eigenvalue weighted by molar-refractivity contribution is 5.82. The van der Waals surface area contributed by atoms with Crippen LogP contribution in [0.1, 0.15) is 0 Å². The van der Waals surface area contributed by atoms with Gasteiger partial charge in [0.1, 0.15) is 17.0 Å². The van der Waals surface area contributed by atoms with Crippen molar-refractivity contribution in [3.8, 4) is 11.5 Å². The number of nitrogens with one attached hydrogen (secondary N) is 1. The van der Waals surface area contributed by atoms with Crippen molar-refractivity contribution in [2.24, 2.45) is 0 Å².